The topological polar surface area (TPSA) is 58.1 Å². The van der Waals surface area contributed by atoms with E-state index in [1.165, 1.54) is 6.20 Å². The van der Waals surface area contributed by atoms with Crippen LogP contribution in [0.3, 0.4) is 0 Å². The molecule has 2 N–H and O–H groups in total. The fraction of sp³-hybridized carbons (Fsp3) is 0.700. The Kier molecular flexibility index (Phi) is 3.03. The van der Waals surface area contributed by atoms with Crippen molar-refractivity contribution in [1.82, 2.24) is 10.2 Å². The number of alkyl halides is 3. The van der Waals surface area contributed by atoms with E-state index >= 15 is 0 Å². The number of aromatic nitrogens is 2. The minimum Gasteiger partial charge on any atom is -0.478 e. The zero-order valence-corrected chi connectivity index (χ0v) is 9.00. The van der Waals surface area contributed by atoms with Crippen molar-refractivity contribution in [2.24, 2.45) is 5.41 Å². The van der Waals surface area contributed by atoms with Crippen LogP contribution in [0.2, 0.25) is 0 Å². The first kappa shape index (κ1) is 12.2. The molecule has 96 valence electrons. The van der Waals surface area contributed by atoms with Gasteiger partial charge in [-0.25, -0.2) is 5.10 Å². The van der Waals surface area contributed by atoms with Gasteiger partial charge >= 0.3 is 6.18 Å². The zero-order valence-electron chi connectivity index (χ0n) is 9.00. The van der Waals surface area contributed by atoms with Crippen molar-refractivity contribution in [2.45, 2.75) is 31.5 Å². The maximum atomic E-state index is 12.6. The highest BCUT2D eigenvalue weighted by Gasteiger charge is 2.66. The molecule has 0 radical (unpaired) electrons. The second-order valence-electron chi connectivity index (χ2n) is 4.23. The third-order valence-corrected chi connectivity index (χ3v) is 3.12. The van der Waals surface area contributed by atoms with Crippen LogP contribution < -0.4 is 4.74 Å². The van der Waals surface area contributed by atoms with Gasteiger partial charge in [-0.2, -0.15) is 18.3 Å². The number of nitrogens with one attached hydrogen (secondary N) is 1. The smallest absolute Gasteiger partial charge is 0.396 e. The number of aromatic amines is 1. The summed E-state index contributed by atoms with van der Waals surface area (Å²) in [6.07, 6.45) is -4.29. The van der Waals surface area contributed by atoms with Gasteiger partial charge in [0, 0.05) is 12.5 Å². The average molecular weight is 250 g/mol. The minimum absolute atomic E-state index is 0.00171. The normalized spacial score (nSPS) is 20.0. The number of rotatable bonds is 5. The van der Waals surface area contributed by atoms with Crippen molar-refractivity contribution in [3.63, 3.8) is 0 Å². The van der Waals surface area contributed by atoms with E-state index in [1.807, 2.05) is 0 Å². The number of H-pyrrole nitrogens is 1. The van der Waals surface area contributed by atoms with Crippen LogP contribution in [0.25, 0.3) is 0 Å². The molecule has 0 bridgehead atoms. The number of nitrogens with zero attached hydrogens (tertiary/aromatic N) is 1. The molecule has 4 nitrogen and oxygen atoms in total. The van der Waals surface area contributed by atoms with Crippen LogP contribution in [0.15, 0.2) is 12.3 Å². The van der Waals surface area contributed by atoms with Crippen molar-refractivity contribution < 1.29 is 23.0 Å². The van der Waals surface area contributed by atoms with Gasteiger partial charge in [0.25, 0.3) is 0 Å². The minimum atomic E-state index is -4.33. The summed E-state index contributed by atoms with van der Waals surface area (Å²) in [4.78, 5) is 0. The van der Waals surface area contributed by atoms with Crippen molar-refractivity contribution in [2.75, 3.05) is 6.61 Å². The SMILES string of the molecule is OC(CCOc1ccn[nH]1)C1(C(F)(F)F)CC1. The molecule has 1 aliphatic carbocycles. The summed E-state index contributed by atoms with van der Waals surface area (Å²) in [7, 11) is 0. The number of aliphatic hydroxyl groups is 1. The van der Waals surface area contributed by atoms with Crippen molar-refractivity contribution >= 4 is 0 Å². The van der Waals surface area contributed by atoms with Gasteiger partial charge in [0.15, 0.2) is 0 Å². The number of aliphatic hydroxyl groups excluding tert-OH is 1. The highest BCUT2D eigenvalue weighted by Crippen LogP contribution is 2.60. The summed E-state index contributed by atoms with van der Waals surface area (Å²) in [5, 5.41) is 15.7. The van der Waals surface area contributed by atoms with Crippen molar-refractivity contribution in [1.29, 1.82) is 0 Å². The molecule has 1 aromatic rings. The molecule has 17 heavy (non-hydrogen) atoms. The molecule has 1 fully saturated rings. The molecule has 2 rings (SSSR count). The third kappa shape index (κ3) is 2.38. The average Bonchev–Trinajstić information content (AvgIpc) is 2.92. The lowest BCUT2D eigenvalue weighted by molar-refractivity contribution is -0.215. The van der Waals surface area contributed by atoms with Crippen LogP contribution in [-0.2, 0) is 0 Å². The Balaban J connectivity index is 1.80. The molecule has 0 amide bonds. The van der Waals surface area contributed by atoms with Crippen LogP contribution in [0.5, 0.6) is 5.88 Å². The van der Waals surface area contributed by atoms with Crippen LogP contribution in [0, 0.1) is 5.41 Å². The Morgan fingerprint density at radius 1 is 1.53 bits per heavy atom. The summed E-state index contributed by atoms with van der Waals surface area (Å²) in [6.45, 7) is 0.0290. The number of ether oxygens (including phenoxy) is 1. The van der Waals surface area contributed by atoms with Gasteiger partial charge in [-0.05, 0) is 12.8 Å². The van der Waals surface area contributed by atoms with Gasteiger partial charge in [0.1, 0.15) is 0 Å². The van der Waals surface area contributed by atoms with Crippen LogP contribution in [0.1, 0.15) is 19.3 Å². The third-order valence-electron chi connectivity index (χ3n) is 3.12. The molecule has 7 heteroatoms. The summed E-state index contributed by atoms with van der Waals surface area (Å²) < 4.78 is 43.0. The second kappa shape index (κ2) is 4.21. The predicted octanol–water partition coefficient (Wildman–Crippen LogP) is 1.88. The summed E-state index contributed by atoms with van der Waals surface area (Å²) >= 11 is 0. The molecular formula is C10H13F3N2O2. The van der Waals surface area contributed by atoms with Gasteiger partial charge in [0.2, 0.25) is 5.88 Å². The van der Waals surface area contributed by atoms with E-state index < -0.39 is 17.7 Å². The lowest BCUT2D eigenvalue weighted by Crippen LogP contribution is -2.37. The maximum absolute atomic E-state index is 12.6. The predicted molar refractivity (Wildman–Crippen MR) is 52.4 cm³/mol. The van der Waals surface area contributed by atoms with Gasteiger partial charge in [0.05, 0.1) is 24.3 Å². The fourth-order valence-corrected chi connectivity index (χ4v) is 1.82. The monoisotopic (exact) mass is 250 g/mol. The Labute approximate surface area is 95.8 Å². The zero-order chi connectivity index (χ0) is 12.5. The molecule has 1 heterocycles. The maximum Gasteiger partial charge on any atom is 0.396 e. The molecule has 1 aromatic heterocycles. The van der Waals surface area contributed by atoms with Gasteiger partial charge in [-0.3, -0.25) is 0 Å². The number of hydrogen-bond acceptors (Lipinski definition) is 3. The van der Waals surface area contributed by atoms with Crippen molar-refractivity contribution in [3.05, 3.63) is 12.3 Å². The van der Waals surface area contributed by atoms with Crippen LogP contribution in [-0.4, -0.2) is 34.2 Å². The largest absolute Gasteiger partial charge is 0.478 e. The summed E-state index contributed by atoms with van der Waals surface area (Å²) in [5.41, 5.74) is -1.90. The molecule has 1 atom stereocenters. The Morgan fingerprint density at radius 2 is 2.24 bits per heavy atom. The van der Waals surface area contributed by atoms with E-state index in [4.69, 9.17) is 4.74 Å². The molecule has 0 aliphatic heterocycles. The molecule has 1 saturated carbocycles. The van der Waals surface area contributed by atoms with Gasteiger partial charge in [-0.1, -0.05) is 0 Å². The molecule has 0 spiro atoms. The first-order valence-electron chi connectivity index (χ1n) is 5.33. The van der Waals surface area contributed by atoms with E-state index in [2.05, 4.69) is 10.2 Å². The van der Waals surface area contributed by atoms with Gasteiger partial charge in [-0.15, -0.1) is 0 Å². The van der Waals surface area contributed by atoms with Crippen LogP contribution >= 0.6 is 0 Å². The van der Waals surface area contributed by atoms with Crippen molar-refractivity contribution in [3.8, 4) is 5.88 Å². The van der Waals surface area contributed by atoms with E-state index in [-0.39, 0.29) is 25.9 Å². The summed E-state index contributed by atoms with van der Waals surface area (Å²) in [5.74, 6) is 0.383. The van der Waals surface area contributed by atoms with Gasteiger partial charge < -0.3 is 9.84 Å². The fourth-order valence-electron chi connectivity index (χ4n) is 1.82. The van der Waals surface area contributed by atoms with E-state index in [0.29, 0.717) is 5.88 Å². The first-order valence-corrected chi connectivity index (χ1v) is 5.33. The van der Waals surface area contributed by atoms with Crippen LogP contribution in [0.4, 0.5) is 13.2 Å². The van der Waals surface area contributed by atoms with E-state index in [9.17, 15) is 18.3 Å². The highest BCUT2D eigenvalue weighted by atomic mass is 19.4. The molecule has 0 aromatic carbocycles. The Bertz CT molecular complexity index is 360. The standard InChI is InChI=1S/C10H13F3N2O2/c11-10(12,13)9(3-4-9)7(16)2-6-17-8-1-5-14-15-8/h1,5,7,16H,2-4,6H2,(H,14,15). The Hall–Kier alpha value is -1.24. The highest BCUT2D eigenvalue weighted by molar-refractivity contribution is 5.06. The summed E-state index contributed by atoms with van der Waals surface area (Å²) in [6, 6.07) is 1.56. The quantitative estimate of drug-likeness (QED) is 0.838. The first-order chi connectivity index (χ1) is 7.96. The number of hydrogen-bond donors (Lipinski definition) is 2. The Morgan fingerprint density at radius 3 is 2.71 bits per heavy atom. The van der Waals surface area contributed by atoms with E-state index in [0.717, 1.165) is 0 Å². The molecule has 1 unspecified atom stereocenters. The molecule has 0 saturated heterocycles. The number of halogens is 3. The lowest BCUT2D eigenvalue weighted by Gasteiger charge is -2.24. The second-order valence-corrected chi connectivity index (χ2v) is 4.23. The molecule has 1 aliphatic rings. The van der Waals surface area contributed by atoms with E-state index in [1.54, 1.807) is 6.07 Å². The molecular weight excluding hydrogens is 237 g/mol. The lowest BCUT2D eigenvalue weighted by atomic mass is 9.96.